The summed E-state index contributed by atoms with van der Waals surface area (Å²) in [7, 11) is 0. The van der Waals surface area contributed by atoms with Crippen molar-refractivity contribution in [1.82, 2.24) is 4.98 Å². The molecule has 1 aromatic carbocycles. The van der Waals surface area contributed by atoms with Gasteiger partial charge in [-0.1, -0.05) is 12.1 Å². The Bertz CT molecular complexity index is 614. The Morgan fingerprint density at radius 2 is 2.05 bits per heavy atom. The second-order valence-electron chi connectivity index (χ2n) is 4.38. The molecule has 0 unspecified atom stereocenters. The molecule has 5 nitrogen and oxygen atoms in total. The van der Waals surface area contributed by atoms with Crippen molar-refractivity contribution in [1.29, 1.82) is 0 Å². The Morgan fingerprint density at radius 1 is 1.30 bits per heavy atom. The van der Waals surface area contributed by atoms with Gasteiger partial charge in [0.05, 0.1) is 23.5 Å². The molecule has 0 aliphatic heterocycles. The number of aromatic nitrogens is 1. The van der Waals surface area contributed by atoms with Crippen molar-refractivity contribution in [3.05, 3.63) is 53.9 Å². The van der Waals surface area contributed by atoms with E-state index < -0.39 is 0 Å². The van der Waals surface area contributed by atoms with Crippen LogP contribution in [0.1, 0.15) is 16.1 Å². The molecule has 5 heteroatoms. The Kier molecular flexibility index (Phi) is 4.32. The van der Waals surface area contributed by atoms with Crippen molar-refractivity contribution in [3.8, 4) is 0 Å². The molecule has 104 valence electrons. The molecule has 0 aliphatic carbocycles. The molecule has 20 heavy (non-hydrogen) atoms. The van der Waals surface area contributed by atoms with Crippen molar-refractivity contribution in [2.24, 2.45) is 0 Å². The molecular formula is C15H17N3O2. The topological polar surface area (TPSA) is 79.5 Å². The number of pyridine rings is 1. The Hall–Kier alpha value is -2.40. The van der Waals surface area contributed by atoms with Crippen molar-refractivity contribution < 1.29 is 9.90 Å². The molecule has 0 aliphatic rings. The summed E-state index contributed by atoms with van der Waals surface area (Å²) >= 11 is 0. The number of aliphatic hydroxyl groups is 1. The van der Waals surface area contributed by atoms with Gasteiger partial charge in [0.25, 0.3) is 5.91 Å². The molecule has 0 spiro atoms. The van der Waals surface area contributed by atoms with Gasteiger partial charge >= 0.3 is 0 Å². The van der Waals surface area contributed by atoms with Gasteiger partial charge in [-0.3, -0.25) is 9.78 Å². The highest BCUT2D eigenvalue weighted by atomic mass is 16.3. The lowest BCUT2D eigenvalue weighted by molar-refractivity contribution is 0.0980. The van der Waals surface area contributed by atoms with Crippen LogP contribution in [0.2, 0.25) is 0 Å². The third-order valence-corrected chi connectivity index (χ3v) is 3.03. The van der Waals surface area contributed by atoms with Crippen LogP contribution in [0.4, 0.5) is 11.4 Å². The van der Waals surface area contributed by atoms with E-state index in [0.29, 0.717) is 22.6 Å². The number of hydrogen-bond acceptors (Lipinski definition) is 4. The van der Waals surface area contributed by atoms with Gasteiger partial charge < -0.3 is 15.7 Å². The van der Waals surface area contributed by atoms with Crippen LogP contribution in [0.15, 0.2) is 42.6 Å². The highest BCUT2D eigenvalue weighted by molar-refractivity contribution is 6.08. The van der Waals surface area contributed by atoms with E-state index >= 15 is 0 Å². The molecular weight excluding hydrogens is 254 g/mol. The number of aliphatic hydroxyl groups excluding tert-OH is 1. The quantitative estimate of drug-likeness (QED) is 0.828. The van der Waals surface area contributed by atoms with Gasteiger partial charge in [-0.05, 0) is 31.2 Å². The normalized spacial score (nSPS) is 10.3. The molecule has 0 saturated heterocycles. The number of benzene rings is 1. The average molecular weight is 271 g/mol. The number of amides is 1. The third-order valence-electron chi connectivity index (χ3n) is 3.03. The van der Waals surface area contributed by atoms with Crippen LogP contribution in [-0.2, 0) is 0 Å². The molecule has 0 radical (unpaired) electrons. The van der Waals surface area contributed by atoms with Crippen molar-refractivity contribution in [2.45, 2.75) is 6.92 Å². The van der Waals surface area contributed by atoms with E-state index in [2.05, 4.69) is 4.98 Å². The fourth-order valence-electron chi connectivity index (χ4n) is 2.02. The van der Waals surface area contributed by atoms with E-state index in [-0.39, 0.29) is 19.1 Å². The summed E-state index contributed by atoms with van der Waals surface area (Å²) < 4.78 is 0. The lowest BCUT2D eigenvalue weighted by Gasteiger charge is -2.23. The third kappa shape index (κ3) is 2.78. The number of anilines is 2. The fraction of sp³-hybridized carbons (Fsp3) is 0.200. The summed E-state index contributed by atoms with van der Waals surface area (Å²) in [4.78, 5) is 18.2. The van der Waals surface area contributed by atoms with Gasteiger partial charge in [0, 0.05) is 18.4 Å². The largest absolute Gasteiger partial charge is 0.397 e. The summed E-state index contributed by atoms with van der Waals surface area (Å²) in [5.41, 5.74) is 8.16. The molecule has 1 aromatic heterocycles. The van der Waals surface area contributed by atoms with E-state index in [0.717, 1.165) is 0 Å². The van der Waals surface area contributed by atoms with Crippen LogP contribution < -0.4 is 10.6 Å². The van der Waals surface area contributed by atoms with Gasteiger partial charge in [0.2, 0.25) is 0 Å². The monoisotopic (exact) mass is 271 g/mol. The summed E-state index contributed by atoms with van der Waals surface area (Å²) in [5, 5.41) is 9.20. The first kappa shape index (κ1) is 14.0. The first-order valence-corrected chi connectivity index (χ1v) is 6.34. The molecule has 2 aromatic rings. The fourth-order valence-corrected chi connectivity index (χ4v) is 2.02. The number of rotatable bonds is 4. The Morgan fingerprint density at radius 3 is 2.70 bits per heavy atom. The van der Waals surface area contributed by atoms with Gasteiger partial charge in [0.1, 0.15) is 0 Å². The van der Waals surface area contributed by atoms with Crippen LogP contribution in [-0.4, -0.2) is 29.1 Å². The highest BCUT2D eigenvalue weighted by Gasteiger charge is 2.20. The number of para-hydroxylation sites is 2. The lowest BCUT2D eigenvalue weighted by atomic mass is 10.1. The minimum atomic E-state index is -0.220. The minimum absolute atomic E-state index is 0.139. The second-order valence-corrected chi connectivity index (χ2v) is 4.38. The number of carbonyl (C=O) groups is 1. The van der Waals surface area contributed by atoms with E-state index in [9.17, 15) is 9.90 Å². The number of nitrogens with zero attached hydrogens (tertiary/aromatic N) is 2. The summed E-state index contributed by atoms with van der Waals surface area (Å²) in [6.45, 7) is 1.82. The Balaban J connectivity index is 2.42. The van der Waals surface area contributed by atoms with Gasteiger partial charge in [-0.25, -0.2) is 0 Å². The van der Waals surface area contributed by atoms with E-state index in [4.69, 9.17) is 5.73 Å². The zero-order chi connectivity index (χ0) is 14.5. The van der Waals surface area contributed by atoms with Gasteiger partial charge in [-0.2, -0.15) is 0 Å². The van der Waals surface area contributed by atoms with E-state index in [1.165, 1.54) is 4.90 Å². The second kappa shape index (κ2) is 6.16. The number of nitrogens with two attached hydrogens (primary N) is 1. The molecule has 1 amide bonds. The summed E-state index contributed by atoms with van der Waals surface area (Å²) in [6, 6.07) is 10.5. The Labute approximate surface area is 117 Å². The molecule has 0 fully saturated rings. The lowest BCUT2D eigenvalue weighted by Crippen LogP contribution is -2.34. The van der Waals surface area contributed by atoms with E-state index in [1.54, 1.807) is 49.5 Å². The molecule has 3 N–H and O–H groups in total. The van der Waals surface area contributed by atoms with Crippen molar-refractivity contribution >= 4 is 17.3 Å². The van der Waals surface area contributed by atoms with Crippen LogP contribution in [0, 0.1) is 6.92 Å². The van der Waals surface area contributed by atoms with Crippen molar-refractivity contribution in [2.75, 3.05) is 23.8 Å². The molecule has 0 saturated carbocycles. The first-order valence-electron chi connectivity index (χ1n) is 6.34. The smallest absolute Gasteiger partial charge is 0.260 e. The maximum atomic E-state index is 12.6. The minimum Gasteiger partial charge on any atom is -0.397 e. The number of carbonyl (C=O) groups excluding carboxylic acids is 1. The zero-order valence-electron chi connectivity index (χ0n) is 11.3. The maximum Gasteiger partial charge on any atom is 0.260 e. The summed E-state index contributed by atoms with van der Waals surface area (Å²) in [5.74, 6) is -0.220. The number of hydrogen-bond donors (Lipinski definition) is 2. The number of nitrogen functional groups attached to an aromatic ring is 1. The molecule has 1 heterocycles. The first-order chi connectivity index (χ1) is 9.65. The molecule has 2 rings (SSSR count). The molecule has 0 atom stereocenters. The molecule has 0 bridgehead atoms. The highest BCUT2D eigenvalue weighted by Crippen LogP contribution is 2.24. The van der Waals surface area contributed by atoms with Gasteiger partial charge in [0.15, 0.2) is 0 Å². The number of aryl methyl sites for hydroxylation is 1. The van der Waals surface area contributed by atoms with Crippen LogP contribution in [0.3, 0.4) is 0 Å². The van der Waals surface area contributed by atoms with E-state index in [1.807, 2.05) is 0 Å². The zero-order valence-corrected chi connectivity index (χ0v) is 11.3. The standard InChI is InChI=1S/C15H17N3O2/c1-11-12(5-4-8-17-11)15(20)18(9-10-19)14-7-3-2-6-13(14)16/h2-8,19H,9-10,16H2,1H3. The maximum absolute atomic E-state index is 12.6. The van der Waals surface area contributed by atoms with Gasteiger partial charge in [-0.15, -0.1) is 0 Å². The van der Waals surface area contributed by atoms with Crippen molar-refractivity contribution in [3.63, 3.8) is 0 Å². The SMILES string of the molecule is Cc1ncccc1C(=O)N(CCO)c1ccccc1N. The summed E-state index contributed by atoms with van der Waals surface area (Å²) in [6.07, 6.45) is 1.64. The van der Waals surface area contributed by atoms with Crippen LogP contribution >= 0.6 is 0 Å². The average Bonchev–Trinajstić information content (AvgIpc) is 2.46. The predicted molar refractivity (Wildman–Crippen MR) is 78.6 cm³/mol. The van der Waals surface area contributed by atoms with Crippen LogP contribution in [0.25, 0.3) is 0 Å². The predicted octanol–water partition coefficient (Wildman–Crippen LogP) is 1.61. The van der Waals surface area contributed by atoms with Crippen LogP contribution in [0.5, 0.6) is 0 Å².